The van der Waals surface area contributed by atoms with Gasteiger partial charge in [-0.1, -0.05) is 0 Å². The highest BCUT2D eigenvalue weighted by Gasteiger charge is 2.07. The molecule has 0 atom stereocenters. The van der Waals surface area contributed by atoms with Crippen LogP contribution in [0.2, 0.25) is 0 Å². The van der Waals surface area contributed by atoms with Crippen LogP contribution in [-0.2, 0) is 7.05 Å². The van der Waals surface area contributed by atoms with Gasteiger partial charge in [0, 0.05) is 12.6 Å². The Labute approximate surface area is 109 Å². The summed E-state index contributed by atoms with van der Waals surface area (Å²) in [4.78, 5) is 0. The van der Waals surface area contributed by atoms with Crippen LogP contribution < -0.4 is 5.32 Å². The van der Waals surface area contributed by atoms with E-state index in [4.69, 9.17) is 0 Å². The molecular formula is C13H25N3S. The molecule has 0 fully saturated rings. The molecule has 1 aromatic rings. The van der Waals surface area contributed by atoms with Gasteiger partial charge >= 0.3 is 0 Å². The van der Waals surface area contributed by atoms with Gasteiger partial charge < -0.3 is 5.32 Å². The van der Waals surface area contributed by atoms with Crippen molar-refractivity contribution >= 4 is 11.8 Å². The maximum absolute atomic E-state index is 4.34. The van der Waals surface area contributed by atoms with E-state index in [2.05, 4.69) is 37.3 Å². The lowest BCUT2D eigenvalue weighted by Gasteiger charge is -2.20. The summed E-state index contributed by atoms with van der Waals surface area (Å²) in [6.07, 6.45) is 2.49. The maximum Gasteiger partial charge on any atom is 0.0939 e. The Morgan fingerprint density at radius 1 is 1.35 bits per heavy atom. The zero-order chi connectivity index (χ0) is 12.9. The summed E-state index contributed by atoms with van der Waals surface area (Å²) in [5.74, 6) is 1.17. The second kappa shape index (κ2) is 6.45. The minimum Gasteiger partial charge on any atom is -0.312 e. The van der Waals surface area contributed by atoms with E-state index >= 15 is 0 Å². The van der Waals surface area contributed by atoms with Crippen LogP contribution in [0.4, 0.5) is 0 Å². The Bertz CT molecular complexity index is 339. The Morgan fingerprint density at radius 3 is 2.59 bits per heavy atom. The molecular weight excluding hydrogens is 230 g/mol. The van der Waals surface area contributed by atoms with Crippen molar-refractivity contribution in [3.05, 3.63) is 11.8 Å². The van der Waals surface area contributed by atoms with Crippen LogP contribution in [0.3, 0.4) is 0 Å². The molecule has 0 saturated heterocycles. The molecule has 4 heteroatoms. The fraction of sp³-hybridized carbons (Fsp3) is 0.769. The highest BCUT2D eigenvalue weighted by atomic mass is 32.2. The van der Waals surface area contributed by atoms with Crippen LogP contribution in [0, 0.1) is 6.92 Å². The van der Waals surface area contributed by atoms with Crippen LogP contribution in [0.5, 0.6) is 0 Å². The van der Waals surface area contributed by atoms with E-state index in [0.717, 1.165) is 12.2 Å². The summed E-state index contributed by atoms with van der Waals surface area (Å²) in [6.45, 7) is 9.77. The largest absolute Gasteiger partial charge is 0.312 e. The Hall–Kier alpha value is -0.480. The lowest BCUT2D eigenvalue weighted by Crippen LogP contribution is -2.36. The van der Waals surface area contributed by atoms with Crippen molar-refractivity contribution in [1.29, 1.82) is 0 Å². The van der Waals surface area contributed by atoms with Crippen molar-refractivity contribution in [2.45, 2.75) is 51.1 Å². The highest BCUT2D eigenvalue weighted by molar-refractivity contribution is 7.99. The Morgan fingerprint density at radius 2 is 2.06 bits per heavy atom. The summed E-state index contributed by atoms with van der Waals surface area (Å²) >= 11 is 1.90. The van der Waals surface area contributed by atoms with Gasteiger partial charge in [0.1, 0.15) is 0 Å². The molecule has 1 N–H and O–H groups in total. The van der Waals surface area contributed by atoms with Gasteiger partial charge in [-0.2, -0.15) is 5.10 Å². The van der Waals surface area contributed by atoms with Gasteiger partial charge in [0.2, 0.25) is 0 Å². The maximum atomic E-state index is 4.34. The first kappa shape index (κ1) is 14.6. The van der Waals surface area contributed by atoms with Crippen LogP contribution in [-0.4, -0.2) is 27.6 Å². The van der Waals surface area contributed by atoms with Crippen molar-refractivity contribution in [1.82, 2.24) is 15.1 Å². The zero-order valence-electron chi connectivity index (χ0n) is 11.7. The van der Waals surface area contributed by atoms with Crippen molar-refractivity contribution in [3.8, 4) is 0 Å². The van der Waals surface area contributed by atoms with Crippen molar-refractivity contribution in [2.75, 3.05) is 12.3 Å². The second-order valence-electron chi connectivity index (χ2n) is 5.48. The second-order valence-corrected chi connectivity index (χ2v) is 6.60. The lowest BCUT2D eigenvalue weighted by molar-refractivity contribution is 0.421. The normalized spacial score (nSPS) is 12.1. The molecule has 1 aromatic heterocycles. The van der Waals surface area contributed by atoms with E-state index in [9.17, 15) is 0 Å². The van der Waals surface area contributed by atoms with Gasteiger partial charge in [-0.15, -0.1) is 11.8 Å². The molecule has 0 aliphatic carbocycles. The third kappa shape index (κ3) is 6.13. The molecule has 1 heterocycles. The number of nitrogens with one attached hydrogen (secondary N) is 1. The summed E-state index contributed by atoms with van der Waals surface area (Å²) < 4.78 is 1.97. The van der Waals surface area contributed by atoms with Gasteiger partial charge in [-0.25, -0.2) is 0 Å². The molecule has 0 aromatic carbocycles. The summed E-state index contributed by atoms with van der Waals surface area (Å²) in [7, 11) is 2.01. The van der Waals surface area contributed by atoms with Crippen LogP contribution in [0.25, 0.3) is 0 Å². The number of hydrogen-bond acceptors (Lipinski definition) is 3. The number of thioether (sulfide) groups is 1. The average Bonchev–Trinajstić information content (AvgIpc) is 2.49. The summed E-state index contributed by atoms with van der Waals surface area (Å²) in [5.41, 5.74) is 1.34. The fourth-order valence-electron chi connectivity index (χ4n) is 1.59. The van der Waals surface area contributed by atoms with Gasteiger partial charge in [0.25, 0.3) is 0 Å². The number of rotatable bonds is 6. The molecule has 0 bridgehead atoms. The molecule has 17 heavy (non-hydrogen) atoms. The van der Waals surface area contributed by atoms with Gasteiger partial charge in [0.05, 0.1) is 10.7 Å². The smallest absolute Gasteiger partial charge is 0.0939 e. The first-order valence-electron chi connectivity index (χ1n) is 6.27. The standard InChI is InChI=1S/C13H25N3S/c1-11-10-12(16(5)15-11)17-9-7-6-8-14-13(2,3)4/h10,14H,6-9H2,1-5H3. The minimum atomic E-state index is 0.242. The van der Waals surface area contributed by atoms with E-state index < -0.39 is 0 Å². The molecule has 0 radical (unpaired) electrons. The molecule has 3 nitrogen and oxygen atoms in total. The van der Waals surface area contributed by atoms with Gasteiger partial charge in [-0.3, -0.25) is 4.68 Å². The van der Waals surface area contributed by atoms with Crippen molar-refractivity contribution in [3.63, 3.8) is 0 Å². The third-order valence-electron chi connectivity index (χ3n) is 2.44. The number of nitrogens with zero attached hydrogens (tertiary/aromatic N) is 2. The predicted octanol–water partition coefficient (Wildman–Crippen LogP) is 2.99. The molecule has 0 aliphatic rings. The number of hydrogen-bond donors (Lipinski definition) is 1. The average molecular weight is 255 g/mol. The topological polar surface area (TPSA) is 29.9 Å². The first-order chi connectivity index (χ1) is 7.88. The zero-order valence-corrected chi connectivity index (χ0v) is 12.5. The highest BCUT2D eigenvalue weighted by Crippen LogP contribution is 2.19. The quantitative estimate of drug-likeness (QED) is 0.626. The summed E-state index contributed by atoms with van der Waals surface area (Å²) in [6, 6.07) is 2.15. The number of aryl methyl sites for hydroxylation is 2. The minimum absolute atomic E-state index is 0.242. The molecule has 0 saturated carbocycles. The predicted molar refractivity (Wildman–Crippen MR) is 75.7 cm³/mol. The SMILES string of the molecule is Cc1cc(SCCCCNC(C)(C)C)n(C)n1. The van der Waals surface area contributed by atoms with Gasteiger partial charge in [-0.05, 0) is 58.9 Å². The molecule has 0 aliphatic heterocycles. The fourth-order valence-corrected chi connectivity index (χ4v) is 2.63. The molecule has 0 spiro atoms. The molecule has 98 valence electrons. The lowest BCUT2D eigenvalue weighted by atomic mass is 10.1. The number of unbranched alkanes of at least 4 members (excludes halogenated alkanes) is 1. The van der Waals surface area contributed by atoms with E-state index in [0.29, 0.717) is 0 Å². The molecule has 0 unspecified atom stereocenters. The number of aromatic nitrogens is 2. The van der Waals surface area contributed by atoms with Crippen molar-refractivity contribution < 1.29 is 0 Å². The molecule has 1 rings (SSSR count). The Balaban J connectivity index is 2.11. The Kier molecular flexibility index (Phi) is 5.53. The molecule has 0 amide bonds. The first-order valence-corrected chi connectivity index (χ1v) is 7.25. The van der Waals surface area contributed by atoms with Crippen LogP contribution in [0.15, 0.2) is 11.1 Å². The van der Waals surface area contributed by atoms with Crippen LogP contribution >= 0.6 is 11.8 Å². The van der Waals surface area contributed by atoms with Crippen molar-refractivity contribution in [2.24, 2.45) is 7.05 Å². The van der Waals surface area contributed by atoms with E-state index in [1.807, 2.05) is 30.4 Å². The monoisotopic (exact) mass is 255 g/mol. The van der Waals surface area contributed by atoms with E-state index in [1.54, 1.807) is 0 Å². The van der Waals surface area contributed by atoms with Crippen LogP contribution in [0.1, 0.15) is 39.3 Å². The van der Waals surface area contributed by atoms with E-state index in [-0.39, 0.29) is 5.54 Å². The van der Waals surface area contributed by atoms with E-state index in [1.165, 1.54) is 23.6 Å². The third-order valence-corrected chi connectivity index (χ3v) is 3.61. The summed E-state index contributed by atoms with van der Waals surface area (Å²) in [5, 5.41) is 9.12. The van der Waals surface area contributed by atoms with Gasteiger partial charge in [0.15, 0.2) is 0 Å².